The van der Waals surface area contributed by atoms with Crippen LogP contribution in [-0.2, 0) is 24.7 Å². The van der Waals surface area contributed by atoms with Gasteiger partial charge in [0.05, 0.1) is 0 Å². The van der Waals surface area contributed by atoms with Crippen LogP contribution in [0.15, 0.2) is 48.0 Å². The maximum atomic E-state index is 2.41. The Bertz CT molecular complexity index is 830. The number of allylic oxidation sites excluding steroid dienone is 2. The van der Waals surface area contributed by atoms with E-state index >= 15 is 0 Å². The summed E-state index contributed by atoms with van der Waals surface area (Å²) in [4.78, 5) is 0. The van der Waals surface area contributed by atoms with Gasteiger partial charge in [-0.25, -0.2) is 0 Å². The van der Waals surface area contributed by atoms with Crippen LogP contribution in [0.4, 0.5) is 0 Å². The fourth-order valence-corrected chi connectivity index (χ4v) is 7.48. The average Bonchev–Trinajstić information content (AvgIpc) is 2.78. The van der Waals surface area contributed by atoms with E-state index in [2.05, 4.69) is 89.8 Å². The Hall–Kier alpha value is -0.720. The monoisotopic (exact) mass is 423 g/mol. The van der Waals surface area contributed by atoms with Gasteiger partial charge in [-0.05, 0) is 0 Å². The number of hydrogen-bond acceptors (Lipinski definition) is 0. The van der Waals surface area contributed by atoms with Gasteiger partial charge in [0.1, 0.15) is 0 Å². The number of benzene rings is 2. The van der Waals surface area contributed by atoms with Crippen LogP contribution in [0.2, 0.25) is 19.6 Å². The molecule has 1 atom stereocenters. The summed E-state index contributed by atoms with van der Waals surface area (Å²) >= 11 is 1.60. The summed E-state index contributed by atoms with van der Waals surface area (Å²) in [5.41, 5.74) is 9.17. The summed E-state index contributed by atoms with van der Waals surface area (Å²) in [6, 6.07) is 16.3. The molecule has 0 saturated heterocycles. The summed E-state index contributed by atoms with van der Waals surface area (Å²) in [7, 11) is -1.24. The molecule has 2 heteroatoms. The standard InChI is InChI=1S/C23H29Si.Zr/c1-16-21(23(2,3)4)15-18-9-8-10-20(22(16)18)17-11-13-19(14-12-17)24(5,6)7;/h8-15H,1-7H3;. The number of fused-ring (bicyclic) bond motifs is 1. The summed E-state index contributed by atoms with van der Waals surface area (Å²) in [5.74, 6) is 0. The zero-order valence-electron chi connectivity index (χ0n) is 16.6. The first-order valence-corrected chi connectivity index (χ1v) is 14.1. The second-order valence-corrected chi connectivity index (χ2v) is 15.8. The molecule has 0 saturated carbocycles. The molecular formula is C23H29SiZr. The molecule has 1 unspecified atom stereocenters. The minimum atomic E-state index is -1.24. The molecular weight excluding hydrogens is 396 g/mol. The maximum absolute atomic E-state index is 2.41. The molecule has 0 heterocycles. The van der Waals surface area contributed by atoms with E-state index in [1.54, 1.807) is 30.3 Å². The average molecular weight is 425 g/mol. The van der Waals surface area contributed by atoms with E-state index in [-0.39, 0.29) is 5.41 Å². The summed E-state index contributed by atoms with van der Waals surface area (Å²) in [5, 5.41) is 1.53. The van der Waals surface area contributed by atoms with Crippen LogP contribution in [0.25, 0.3) is 16.7 Å². The normalized spacial score (nSPS) is 17.8. The van der Waals surface area contributed by atoms with Gasteiger partial charge in [-0.1, -0.05) is 0 Å². The van der Waals surface area contributed by atoms with Crippen molar-refractivity contribution in [3.63, 3.8) is 0 Å². The van der Waals surface area contributed by atoms with Crippen molar-refractivity contribution in [2.45, 2.75) is 51.0 Å². The van der Waals surface area contributed by atoms with Crippen molar-refractivity contribution < 1.29 is 24.7 Å². The fourth-order valence-electron chi connectivity index (χ4n) is 4.12. The molecule has 0 spiro atoms. The predicted molar refractivity (Wildman–Crippen MR) is 110 cm³/mol. The Kier molecular flexibility index (Phi) is 4.93. The molecule has 2 aromatic carbocycles. The van der Waals surface area contributed by atoms with Crippen molar-refractivity contribution in [2.75, 3.05) is 0 Å². The Morgan fingerprint density at radius 1 is 0.920 bits per heavy atom. The summed E-state index contributed by atoms with van der Waals surface area (Å²) in [6.07, 6.45) is 0. The third-order valence-corrected chi connectivity index (χ3v) is 8.88. The third-order valence-electron chi connectivity index (χ3n) is 5.35. The van der Waals surface area contributed by atoms with Gasteiger partial charge in [0.25, 0.3) is 0 Å². The fraction of sp³-hybridized carbons (Fsp3) is 0.391. The van der Waals surface area contributed by atoms with Crippen LogP contribution in [0.3, 0.4) is 0 Å². The molecule has 25 heavy (non-hydrogen) atoms. The van der Waals surface area contributed by atoms with Crippen LogP contribution in [0.1, 0.15) is 42.4 Å². The zero-order chi connectivity index (χ0) is 18.6. The molecule has 0 aromatic heterocycles. The molecule has 129 valence electrons. The van der Waals surface area contributed by atoms with Crippen LogP contribution in [0.5, 0.6) is 0 Å². The summed E-state index contributed by atoms with van der Waals surface area (Å²) < 4.78 is 0.600. The van der Waals surface area contributed by atoms with E-state index in [0.717, 1.165) is 0 Å². The number of rotatable bonds is 2. The SMILES string of the molecule is CC1=C(C(C)(C)C)[CH]([Zr])c2cccc(-c3ccc([Si](C)(C)C)cc3)c21. The van der Waals surface area contributed by atoms with Crippen molar-refractivity contribution >= 4 is 18.8 Å². The van der Waals surface area contributed by atoms with E-state index in [1.807, 2.05) is 0 Å². The first-order chi connectivity index (χ1) is 11.5. The molecule has 2 aromatic rings. The minimum absolute atomic E-state index is 0.232. The first kappa shape index (κ1) is 19.1. The van der Waals surface area contributed by atoms with E-state index in [9.17, 15) is 0 Å². The molecule has 1 aliphatic carbocycles. The summed E-state index contributed by atoms with van der Waals surface area (Å²) in [6.45, 7) is 16.6. The van der Waals surface area contributed by atoms with Crippen LogP contribution < -0.4 is 5.19 Å². The second kappa shape index (κ2) is 6.46. The molecule has 3 rings (SSSR count). The second-order valence-electron chi connectivity index (χ2n) is 9.32. The van der Waals surface area contributed by atoms with Crippen molar-refractivity contribution in [3.8, 4) is 11.1 Å². The van der Waals surface area contributed by atoms with Gasteiger partial charge in [-0.2, -0.15) is 0 Å². The van der Waals surface area contributed by atoms with Gasteiger partial charge in [-0.15, -0.1) is 0 Å². The van der Waals surface area contributed by atoms with Crippen molar-refractivity contribution in [1.29, 1.82) is 0 Å². The van der Waals surface area contributed by atoms with Crippen LogP contribution >= 0.6 is 0 Å². The van der Waals surface area contributed by atoms with Crippen molar-refractivity contribution in [2.24, 2.45) is 5.41 Å². The molecule has 0 amide bonds. The van der Waals surface area contributed by atoms with Gasteiger partial charge in [-0.3, -0.25) is 0 Å². The first-order valence-electron chi connectivity index (χ1n) is 9.18. The van der Waals surface area contributed by atoms with E-state index < -0.39 is 8.07 Å². The Morgan fingerprint density at radius 3 is 2.04 bits per heavy atom. The molecule has 1 aliphatic rings. The van der Waals surface area contributed by atoms with Gasteiger partial charge in [0.2, 0.25) is 0 Å². The van der Waals surface area contributed by atoms with Crippen molar-refractivity contribution in [1.82, 2.24) is 0 Å². The molecule has 0 bridgehead atoms. The van der Waals surface area contributed by atoms with E-state index in [4.69, 9.17) is 0 Å². The Labute approximate surface area is 169 Å². The number of hydrogen-bond donors (Lipinski definition) is 0. The van der Waals surface area contributed by atoms with Gasteiger partial charge >= 0.3 is 170 Å². The zero-order valence-corrected chi connectivity index (χ0v) is 20.1. The molecule has 0 radical (unpaired) electrons. The van der Waals surface area contributed by atoms with Gasteiger partial charge in [0, 0.05) is 0 Å². The molecule has 0 N–H and O–H groups in total. The van der Waals surface area contributed by atoms with Gasteiger partial charge in [0.15, 0.2) is 0 Å². The van der Waals surface area contributed by atoms with E-state index in [1.165, 1.54) is 33.0 Å². The molecule has 0 fully saturated rings. The third kappa shape index (κ3) is 3.45. The van der Waals surface area contributed by atoms with Crippen LogP contribution in [0, 0.1) is 5.41 Å². The molecule has 0 nitrogen and oxygen atoms in total. The topological polar surface area (TPSA) is 0 Å². The quantitative estimate of drug-likeness (QED) is 0.495. The Balaban J connectivity index is 2.15. The van der Waals surface area contributed by atoms with E-state index in [0.29, 0.717) is 3.63 Å². The Morgan fingerprint density at radius 2 is 1.52 bits per heavy atom. The molecule has 0 aliphatic heterocycles. The van der Waals surface area contributed by atoms with Crippen LogP contribution in [-0.4, -0.2) is 8.07 Å². The van der Waals surface area contributed by atoms with Gasteiger partial charge < -0.3 is 0 Å². The predicted octanol–water partition coefficient (Wildman–Crippen LogP) is 6.32. The van der Waals surface area contributed by atoms with Crippen molar-refractivity contribution in [3.05, 3.63) is 59.2 Å².